The van der Waals surface area contributed by atoms with Crippen molar-refractivity contribution < 1.29 is 27.3 Å². The Morgan fingerprint density at radius 2 is 1.84 bits per heavy atom. The highest BCUT2D eigenvalue weighted by Crippen LogP contribution is 2.43. The van der Waals surface area contributed by atoms with Crippen molar-refractivity contribution in [2.75, 3.05) is 12.0 Å². The van der Waals surface area contributed by atoms with Gasteiger partial charge in [0.25, 0.3) is 0 Å². The van der Waals surface area contributed by atoms with Gasteiger partial charge in [-0.2, -0.15) is 18.4 Å². The molecule has 0 saturated carbocycles. The van der Waals surface area contributed by atoms with Gasteiger partial charge >= 0.3 is 17.8 Å². The predicted molar refractivity (Wildman–Crippen MR) is 150 cm³/mol. The number of aromatic nitrogens is 4. The largest absolute Gasteiger partial charge is 0.466 e. The van der Waals surface area contributed by atoms with Gasteiger partial charge in [0.15, 0.2) is 18.9 Å². The summed E-state index contributed by atoms with van der Waals surface area (Å²) in [5.74, 6) is -0.768. The summed E-state index contributed by atoms with van der Waals surface area (Å²) in [7, 11) is 1.19. The van der Waals surface area contributed by atoms with Gasteiger partial charge in [-0.05, 0) is 68.3 Å². The predicted octanol–water partition coefficient (Wildman–Crippen LogP) is 4.80. The smallest absolute Gasteiger partial charge is 0.416 e. The summed E-state index contributed by atoms with van der Waals surface area (Å²) >= 11 is 0. The van der Waals surface area contributed by atoms with Crippen LogP contribution in [-0.2, 0) is 28.7 Å². The molecule has 3 heterocycles. The number of esters is 1. The molecule has 5 rings (SSSR count). The molecule has 220 valence electrons. The van der Waals surface area contributed by atoms with Crippen molar-refractivity contribution in [2.24, 2.45) is 0 Å². The van der Waals surface area contributed by atoms with Gasteiger partial charge in [0.1, 0.15) is 6.04 Å². The number of anilines is 2. The number of methoxy groups -OCH3 is 1. The van der Waals surface area contributed by atoms with Crippen LogP contribution in [0.25, 0.3) is 0 Å². The van der Waals surface area contributed by atoms with Gasteiger partial charge in [-0.3, -0.25) is 4.90 Å². The number of aromatic amines is 1. The van der Waals surface area contributed by atoms with Crippen molar-refractivity contribution >= 4 is 17.6 Å². The molecule has 9 nitrogen and oxygen atoms in total. The molecule has 0 saturated heterocycles. The van der Waals surface area contributed by atoms with Gasteiger partial charge in [0, 0.05) is 28.9 Å². The first-order valence-corrected chi connectivity index (χ1v) is 13.4. The fourth-order valence-electron chi connectivity index (χ4n) is 5.61. The second-order valence-electron chi connectivity index (χ2n) is 10.4. The number of nitriles is 1. The maximum Gasteiger partial charge on any atom is 0.416 e. The van der Waals surface area contributed by atoms with Gasteiger partial charge in [-0.15, -0.1) is 5.10 Å². The molecule has 12 heteroatoms. The van der Waals surface area contributed by atoms with Crippen molar-refractivity contribution in [3.05, 3.63) is 116 Å². The lowest BCUT2D eigenvalue weighted by Gasteiger charge is -2.36. The van der Waals surface area contributed by atoms with E-state index >= 15 is 0 Å². The maximum atomic E-state index is 13.6. The average Bonchev–Trinajstić information content (AvgIpc) is 3.34. The number of carbonyl (C=O) groups excluding carboxylic acids is 1. The van der Waals surface area contributed by atoms with Crippen LogP contribution in [0.5, 0.6) is 0 Å². The Bertz CT molecular complexity index is 1850. The second kappa shape index (κ2) is 11.2. The molecule has 2 aromatic heterocycles. The van der Waals surface area contributed by atoms with Gasteiger partial charge in [-0.25, -0.2) is 23.8 Å². The van der Waals surface area contributed by atoms with Crippen LogP contribution in [-0.4, -0.2) is 27.8 Å². The number of hydrogen-bond donors (Lipinski definition) is 1. The van der Waals surface area contributed by atoms with Crippen molar-refractivity contribution in [2.45, 2.75) is 46.0 Å². The number of nitrogens with zero attached hydrogens (tertiary/aromatic N) is 5. The zero-order valence-electron chi connectivity index (χ0n) is 23.9. The fraction of sp³-hybridized carbons (Fsp3) is 0.258. The van der Waals surface area contributed by atoms with Gasteiger partial charge < -0.3 is 4.74 Å². The SMILES string of the molecule is COC(=O)C1=C(C)N(c2cccc(C(F)(F)F)c2)c2n[nH]c(=O)n2C1c1ccc(C#N)cc1CC[n+]1cc(C)cc(C)c1. The van der Waals surface area contributed by atoms with E-state index < -0.39 is 29.4 Å². The molecule has 43 heavy (non-hydrogen) atoms. The van der Waals surface area contributed by atoms with E-state index in [-0.39, 0.29) is 22.9 Å². The Morgan fingerprint density at radius 3 is 2.49 bits per heavy atom. The Balaban J connectivity index is 1.71. The van der Waals surface area contributed by atoms with Gasteiger partial charge in [0.05, 0.1) is 29.9 Å². The molecular formula is C31H28F3N6O3+. The van der Waals surface area contributed by atoms with Crippen LogP contribution in [0.4, 0.5) is 24.8 Å². The maximum absolute atomic E-state index is 13.6. The summed E-state index contributed by atoms with van der Waals surface area (Å²) in [5.41, 5.74) is 2.57. The summed E-state index contributed by atoms with van der Waals surface area (Å²) in [6.45, 7) is 6.09. The highest BCUT2D eigenvalue weighted by molar-refractivity contribution is 5.93. The molecule has 1 aliphatic heterocycles. The number of hydrogen-bond acceptors (Lipinski definition) is 6. The third-order valence-electron chi connectivity index (χ3n) is 7.38. The second-order valence-corrected chi connectivity index (χ2v) is 10.4. The minimum atomic E-state index is -4.62. The number of nitrogens with one attached hydrogen (secondary N) is 1. The number of benzene rings is 2. The molecule has 0 fully saturated rings. The van der Waals surface area contributed by atoms with E-state index in [9.17, 15) is 28.0 Å². The van der Waals surface area contributed by atoms with Crippen molar-refractivity contribution in [1.82, 2.24) is 14.8 Å². The van der Waals surface area contributed by atoms with E-state index in [0.717, 1.165) is 23.3 Å². The normalized spacial score (nSPS) is 14.8. The number of H-pyrrole nitrogens is 1. The molecule has 1 aliphatic rings. The van der Waals surface area contributed by atoms with Crippen molar-refractivity contribution in [3.8, 4) is 6.07 Å². The van der Waals surface area contributed by atoms with Crippen molar-refractivity contribution in [1.29, 1.82) is 5.26 Å². The summed E-state index contributed by atoms with van der Waals surface area (Å²) in [6, 6.07) is 12.7. The molecular weight excluding hydrogens is 561 g/mol. The lowest BCUT2D eigenvalue weighted by Crippen LogP contribution is -2.38. The van der Waals surface area contributed by atoms with E-state index in [2.05, 4.69) is 22.3 Å². The van der Waals surface area contributed by atoms with Crippen LogP contribution in [0.3, 0.4) is 0 Å². The molecule has 4 aromatic rings. The zero-order valence-corrected chi connectivity index (χ0v) is 23.9. The monoisotopic (exact) mass is 589 g/mol. The molecule has 0 bridgehead atoms. The molecule has 2 aromatic carbocycles. The first-order valence-electron chi connectivity index (χ1n) is 13.4. The molecule has 1 unspecified atom stereocenters. The van der Waals surface area contributed by atoms with Gasteiger partial charge in [-0.1, -0.05) is 12.1 Å². The van der Waals surface area contributed by atoms with Crippen LogP contribution < -0.4 is 15.2 Å². The van der Waals surface area contributed by atoms with Crippen molar-refractivity contribution in [3.63, 3.8) is 0 Å². The van der Waals surface area contributed by atoms with Crippen LogP contribution in [0, 0.1) is 25.2 Å². The standard InChI is InChI=1S/C31H27F3N6O3/c1-18-12-19(2)17-38(16-18)11-10-22-13-21(15-35)8-9-25(22)27-26(28(41)43-4)20(3)39(29-36-37-30(42)40(27)29)24-7-5-6-23(14-24)31(32,33)34/h5-9,12-14,16-17,27H,10-11H2,1-4H3/p+1. The molecule has 0 spiro atoms. The Morgan fingerprint density at radius 1 is 1.12 bits per heavy atom. The molecule has 0 aliphatic carbocycles. The van der Waals surface area contributed by atoms with Crippen LogP contribution in [0.1, 0.15) is 46.3 Å². The first kappa shape index (κ1) is 29.3. The zero-order chi connectivity index (χ0) is 31.1. The topological polar surface area (TPSA) is 108 Å². The average molecular weight is 590 g/mol. The lowest BCUT2D eigenvalue weighted by molar-refractivity contribution is -0.697. The summed E-state index contributed by atoms with van der Waals surface area (Å²) in [5, 5.41) is 16.2. The van der Waals surface area contributed by atoms with E-state index in [1.54, 1.807) is 25.1 Å². The summed E-state index contributed by atoms with van der Waals surface area (Å²) in [6.07, 6.45) is -0.177. The summed E-state index contributed by atoms with van der Waals surface area (Å²) < 4.78 is 49.2. The van der Waals surface area contributed by atoms with E-state index in [1.807, 2.05) is 30.8 Å². The molecule has 0 amide bonds. The Labute approximate surface area is 245 Å². The summed E-state index contributed by atoms with van der Waals surface area (Å²) in [4.78, 5) is 28.0. The molecule has 1 N–H and O–H groups in total. The molecule has 0 radical (unpaired) electrons. The van der Waals surface area contributed by atoms with Crippen LogP contribution >= 0.6 is 0 Å². The number of allylic oxidation sites excluding steroid dienone is 1. The third kappa shape index (κ3) is 5.53. The Hall–Kier alpha value is -5.18. The number of alkyl halides is 3. The Kier molecular flexibility index (Phi) is 7.67. The van der Waals surface area contributed by atoms with Crippen LogP contribution in [0.15, 0.2) is 77.0 Å². The number of pyridine rings is 1. The number of halogens is 3. The lowest BCUT2D eigenvalue weighted by atomic mass is 9.89. The number of rotatable bonds is 6. The number of ether oxygens (including phenoxy) is 1. The molecule has 1 atom stereocenters. The number of fused-ring (bicyclic) bond motifs is 1. The van der Waals surface area contributed by atoms with Crippen LogP contribution in [0.2, 0.25) is 0 Å². The van der Waals surface area contributed by atoms with E-state index in [4.69, 9.17) is 4.74 Å². The minimum absolute atomic E-state index is 0.00142. The first-order chi connectivity index (χ1) is 20.4. The minimum Gasteiger partial charge on any atom is -0.466 e. The number of carbonyl (C=O) groups is 1. The highest BCUT2D eigenvalue weighted by Gasteiger charge is 2.41. The highest BCUT2D eigenvalue weighted by atomic mass is 19.4. The quantitative estimate of drug-likeness (QED) is 0.256. The number of aryl methyl sites for hydroxylation is 4. The third-order valence-corrected chi connectivity index (χ3v) is 7.38. The van der Waals surface area contributed by atoms with Gasteiger partial charge in [0.2, 0.25) is 5.95 Å². The fourth-order valence-corrected chi connectivity index (χ4v) is 5.61. The van der Waals surface area contributed by atoms with E-state index in [0.29, 0.717) is 29.7 Å². The van der Waals surface area contributed by atoms with E-state index in [1.165, 1.54) is 28.7 Å².